The molecule has 2 N–H and O–H groups in total. The second kappa shape index (κ2) is 21.0. The molecule has 39 heavy (non-hydrogen) atoms. The van der Waals surface area contributed by atoms with Crippen molar-refractivity contribution >= 4 is 99.9 Å². The second-order valence-corrected chi connectivity index (χ2v) is 13.2. The summed E-state index contributed by atoms with van der Waals surface area (Å²) in [5, 5.41) is 29.1. The first kappa shape index (κ1) is 44.7. The Bertz CT molecular complexity index is 1240. The number of benzene rings is 1. The molecule has 0 spiro atoms. The molecule has 2 aliphatic carbocycles. The number of ether oxygens (including phenoxy) is 1. The van der Waals surface area contributed by atoms with E-state index >= 15 is 0 Å². The Morgan fingerprint density at radius 2 is 1.59 bits per heavy atom. The van der Waals surface area contributed by atoms with E-state index in [1.165, 1.54) is 6.07 Å². The maximum Gasteiger partial charge on any atom is 1.00 e. The van der Waals surface area contributed by atoms with Gasteiger partial charge in [0, 0.05) is 17.1 Å². The molecule has 0 saturated heterocycles. The molecule has 0 saturated carbocycles. The van der Waals surface area contributed by atoms with Gasteiger partial charge in [0.15, 0.2) is 0 Å². The van der Waals surface area contributed by atoms with Crippen LogP contribution < -0.4 is 64.2 Å². The van der Waals surface area contributed by atoms with Crippen LogP contribution in [0.1, 0.15) is 15.9 Å². The maximum atomic E-state index is 12.4. The fourth-order valence-electron chi connectivity index (χ4n) is 3.53. The average Bonchev–Trinajstić information content (AvgIpc) is 2.81. The molecule has 2 atom stereocenters. The second-order valence-electron chi connectivity index (χ2n) is 6.55. The number of hydrogen-bond donors (Lipinski definition) is 0. The molecule has 1 heterocycles. The van der Waals surface area contributed by atoms with Crippen molar-refractivity contribution in [2.75, 3.05) is 0 Å². The van der Waals surface area contributed by atoms with Crippen molar-refractivity contribution in [3.8, 4) is 0 Å². The van der Waals surface area contributed by atoms with Crippen LogP contribution in [0.4, 0.5) is 0 Å². The Balaban J connectivity index is -0.00000119. The van der Waals surface area contributed by atoms with E-state index in [1.54, 1.807) is 24.3 Å². The summed E-state index contributed by atoms with van der Waals surface area (Å²) in [7, 11) is 9.75. The van der Waals surface area contributed by atoms with Crippen LogP contribution >= 0.6 is 82.6 Å². The number of hydrogen-bond acceptors (Lipinski definition) is 7. The third-order valence-electron chi connectivity index (χ3n) is 4.82. The van der Waals surface area contributed by atoms with Crippen LogP contribution in [0.3, 0.4) is 0 Å². The fraction of sp³-hybridized carbons (Fsp3) is 0.0909. The van der Waals surface area contributed by atoms with Crippen LogP contribution in [-0.2, 0) is 26.0 Å². The number of carbonyl (C=O) groups excluding carboxylic acids is 2. The van der Waals surface area contributed by atoms with Crippen molar-refractivity contribution < 1.29 is 100 Å². The van der Waals surface area contributed by atoms with E-state index in [0.717, 1.165) is 5.34 Å². The van der Waals surface area contributed by atoms with Gasteiger partial charge in [-0.05, 0) is 87.0 Å². The summed E-state index contributed by atoms with van der Waals surface area (Å²) < 4.78 is 7.74. The molecule has 17 heteroatoms. The summed E-state index contributed by atoms with van der Waals surface area (Å²) in [6, 6.07) is 6.56. The zero-order valence-electron chi connectivity index (χ0n) is 20.6. The van der Waals surface area contributed by atoms with Crippen LogP contribution in [0, 0.1) is 30.9 Å². The number of Topliss-reactive ketones (excluding diaryl/α,β-unsaturated/α-hetero) is 1. The van der Waals surface area contributed by atoms with E-state index in [2.05, 4.69) is 63.7 Å². The van der Waals surface area contributed by atoms with Gasteiger partial charge < -0.3 is 44.7 Å². The number of aromatic carboxylic acids is 1. The van der Waals surface area contributed by atoms with Gasteiger partial charge in [0.1, 0.15) is 25.3 Å². The van der Waals surface area contributed by atoms with Gasteiger partial charge in [0.25, 0.3) is 5.76 Å². The van der Waals surface area contributed by atoms with Gasteiger partial charge in [-0.25, -0.2) is 0 Å². The van der Waals surface area contributed by atoms with Gasteiger partial charge in [0.2, 0.25) is 5.78 Å². The molecule has 3 aliphatic rings. The van der Waals surface area contributed by atoms with Gasteiger partial charge >= 0.3 is 94.4 Å². The molecular formula is C22H16Br4Cl2NNa2O7Pt+. The number of carboxylic acids is 1. The van der Waals surface area contributed by atoms with E-state index < -0.39 is 34.5 Å². The standard InChI is InChI=1S/C20H10Br4O5.2CH3.2ClH.HNO2.2Na.Pt/c21-11-5-9-13(7-3-1-2-4-8(7)20(27)28)10-6-12(22)17(26)15(24)19(10)29-18(9)14(23)16(11)25;;;;;2-1-3;;;/h1-6,9,18,25H,(H,27,28);2*1H3;2*1H;(H,2,3);;;/q;2*-1;;;;2*+1;+4/p-3. The molecule has 0 amide bonds. The summed E-state index contributed by atoms with van der Waals surface area (Å²) in [6.45, 7) is 0. The largest absolute Gasteiger partial charge is 1.00 e. The van der Waals surface area contributed by atoms with Crippen LogP contribution in [0.2, 0.25) is 0 Å². The van der Waals surface area contributed by atoms with Crippen molar-refractivity contribution in [2.24, 2.45) is 11.3 Å². The first-order valence-corrected chi connectivity index (χ1v) is 17.7. The molecular weight excluding hydrogens is 1020 g/mol. The molecule has 0 fully saturated rings. The predicted molar refractivity (Wildman–Crippen MR) is 154 cm³/mol. The molecule has 1 aromatic carbocycles. The molecule has 4 rings (SSSR count). The first-order chi connectivity index (χ1) is 16.5. The molecule has 1 aliphatic heterocycles. The number of fused-ring (bicyclic) bond motifs is 2. The molecule has 8 nitrogen and oxygen atoms in total. The van der Waals surface area contributed by atoms with Gasteiger partial charge in [-0.2, -0.15) is 0 Å². The van der Waals surface area contributed by atoms with Crippen molar-refractivity contribution in [2.45, 2.75) is 6.10 Å². The molecule has 0 radical (unpaired) electrons. The molecule has 0 bridgehead atoms. The minimum atomic E-state index is -1.30. The van der Waals surface area contributed by atoms with E-state index in [-0.39, 0.29) is 95.6 Å². The smallest absolute Gasteiger partial charge is 1.00 e. The van der Waals surface area contributed by atoms with E-state index in [4.69, 9.17) is 38.8 Å². The molecule has 204 valence electrons. The van der Waals surface area contributed by atoms with Gasteiger partial charge in [-0.15, -0.1) is 5.34 Å². The normalized spacial score (nSPS) is 18.7. The first-order valence-electron chi connectivity index (χ1n) is 8.85. The van der Waals surface area contributed by atoms with E-state index in [1.807, 2.05) is 6.08 Å². The monoisotopic (exact) mass is 1030 g/mol. The van der Waals surface area contributed by atoms with Crippen molar-refractivity contribution in [3.05, 3.63) is 108 Å². The number of rotatable bonds is 2. The number of allylic oxidation sites excluding steroid dienone is 4. The number of ketones is 1. The Hall–Kier alpha value is 1.25. The summed E-state index contributed by atoms with van der Waals surface area (Å²) in [6.07, 6.45) is 2.82. The van der Waals surface area contributed by atoms with Crippen molar-refractivity contribution in [3.63, 3.8) is 0 Å². The van der Waals surface area contributed by atoms with Crippen LogP contribution in [0.15, 0.2) is 76.8 Å². The summed E-state index contributed by atoms with van der Waals surface area (Å²) in [4.78, 5) is 32.3. The third-order valence-corrected chi connectivity index (χ3v) is 7.63. The Morgan fingerprint density at radius 1 is 1.08 bits per heavy atom. The van der Waals surface area contributed by atoms with Crippen LogP contribution in [-0.4, -0.2) is 23.0 Å². The summed E-state index contributed by atoms with van der Waals surface area (Å²) in [5.74, 6) is -1.46. The minimum absolute atomic E-state index is 0. The topological polar surface area (TPSA) is 142 Å². The number of carbonyl (C=O) groups is 2. The molecule has 2 unspecified atom stereocenters. The van der Waals surface area contributed by atoms with Crippen molar-refractivity contribution in [1.82, 2.24) is 0 Å². The molecule has 1 aromatic rings. The molecule has 0 aromatic heterocycles. The minimum Gasteiger partial charge on any atom is 1.00 e. The summed E-state index contributed by atoms with van der Waals surface area (Å²) >= 11 is 13.0. The van der Waals surface area contributed by atoms with E-state index in [9.17, 15) is 14.7 Å². The predicted octanol–water partition coefficient (Wildman–Crippen LogP) is 0.446. The van der Waals surface area contributed by atoms with Gasteiger partial charge in [0.05, 0.1) is 10.5 Å². The van der Waals surface area contributed by atoms with E-state index in [0.29, 0.717) is 35.9 Å². The van der Waals surface area contributed by atoms with Crippen molar-refractivity contribution in [1.29, 1.82) is 0 Å². The fourth-order valence-corrected chi connectivity index (χ4v) is 6.10. The summed E-state index contributed by atoms with van der Waals surface area (Å²) in [5.41, 5.74) is 1.76. The van der Waals surface area contributed by atoms with Gasteiger partial charge in [-0.3, -0.25) is 4.79 Å². The van der Waals surface area contributed by atoms with Crippen LogP contribution in [0.5, 0.6) is 0 Å². The zero-order valence-corrected chi connectivity index (χ0v) is 34.7. The third kappa shape index (κ3) is 10.4. The van der Waals surface area contributed by atoms with Crippen LogP contribution in [0.25, 0.3) is 5.57 Å². The maximum absolute atomic E-state index is 12.4. The Labute approximate surface area is 320 Å². The van der Waals surface area contributed by atoms with Gasteiger partial charge in [-0.1, -0.05) is 24.3 Å². The number of nitrogens with zero attached hydrogens (tertiary/aromatic N) is 1. The zero-order chi connectivity index (χ0) is 26.4. The number of carboxylic acid groups (broad SMARTS) is 1. The number of halogens is 6. The Morgan fingerprint density at radius 3 is 2.10 bits per heavy atom. The average molecular weight is 1040 g/mol. The Kier molecular flexibility index (Phi) is 24.1. The quantitative estimate of drug-likeness (QED) is 0.139. The SMILES string of the molecule is O=C1C(Br)=CC2=C(c3ccccc3C(=O)[O-])C3C=C(Br)C([OH2+])=C(Br)C3OC2=C1Br.O=N[O-].[CH3-].[CH3-].[Cl][Pt+2][Cl].[Na+].[Na+].